The minimum atomic E-state index is 0.952. The summed E-state index contributed by atoms with van der Waals surface area (Å²) in [5.41, 5.74) is 10.7. The van der Waals surface area contributed by atoms with Crippen molar-refractivity contribution in [2.45, 2.75) is 26.7 Å². The molecule has 0 spiro atoms. The summed E-state index contributed by atoms with van der Waals surface area (Å²) in [5.74, 6) is 0. The second kappa shape index (κ2) is 12.2. The van der Waals surface area contributed by atoms with Gasteiger partial charge in [-0.25, -0.2) is 0 Å². The van der Waals surface area contributed by atoms with Gasteiger partial charge in [-0.2, -0.15) is 0 Å². The van der Waals surface area contributed by atoms with Crippen molar-refractivity contribution in [3.05, 3.63) is 192 Å². The lowest BCUT2D eigenvalue weighted by molar-refractivity contribution is 0.987. The van der Waals surface area contributed by atoms with Crippen molar-refractivity contribution in [3.8, 4) is 22.3 Å². The van der Waals surface area contributed by atoms with Gasteiger partial charge in [-0.3, -0.25) is 0 Å². The Labute approximate surface area is 304 Å². The van der Waals surface area contributed by atoms with Crippen LogP contribution < -0.4 is 0 Å². The predicted molar refractivity (Wildman–Crippen MR) is 226 cm³/mol. The molecule has 0 amide bonds. The maximum absolute atomic E-state index is 2.38. The van der Waals surface area contributed by atoms with Crippen molar-refractivity contribution in [1.29, 1.82) is 0 Å². The molecular weight excluding hydrogens is 625 g/mol. The highest BCUT2D eigenvalue weighted by atomic mass is 14.2. The summed E-state index contributed by atoms with van der Waals surface area (Å²) < 4.78 is 0. The molecule has 0 unspecified atom stereocenters. The lowest BCUT2D eigenvalue weighted by Gasteiger charge is -2.21. The molecule has 10 aromatic carbocycles. The topological polar surface area (TPSA) is 0 Å². The summed E-state index contributed by atoms with van der Waals surface area (Å²) in [5, 5.41) is 15.9. The SMILES string of the molecule is Cc1ccc(-c2ccc(CCc3c4ccccc4c(-c4c5ccccc5c(C)c5ccccc45)c4ccccc34)c3ccccc23)c2ccccc12. The summed E-state index contributed by atoms with van der Waals surface area (Å²) in [7, 11) is 0. The van der Waals surface area contributed by atoms with Crippen LogP contribution in [0.1, 0.15) is 22.3 Å². The van der Waals surface area contributed by atoms with Crippen LogP contribution in [-0.2, 0) is 12.8 Å². The largest absolute Gasteiger partial charge is 0.0616 e. The van der Waals surface area contributed by atoms with Gasteiger partial charge in [-0.05, 0) is 136 Å². The van der Waals surface area contributed by atoms with Gasteiger partial charge in [0.1, 0.15) is 0 Å². The minimum absolute atomic E-state index is 0.952. The highest BCUT2D eigenvalue weighted by Crippen LogP contribution is 2.46. The Balaban J connectivity index is 1.16. The van der Waals surface area contributed by atoms with E-state index < -0.39 is 0 Å². The van der Waals surface area contributed by atoms with Crippen molar-refractivity contribution in [1.82, 2.24) is 0 Å². The summed E-state index contributed by atoms with van der Waals surface area (Å²) in [4.78, 5) is 0. The van der Waals surface area contributed by atoms with Crippen LogP contribution >= 0.6 is 0 Å². The number of hydrogen-bond donors (Lipinski definition) is 0. The van der Waals surface area contributed by atoms with Gasteiger partial charge in [0.15, 0.2) is 0 Å². The molecular formula is C52H38. The molecule has 0 aliphatic rings. The molecule has 0 aliphatic carbocycles. The Hall–Kier alpha value is -6.24. The first kappa shape index (κ1) is 30.6. The molecule has 52 heavy (non-hydrogen) atoms. The van der Waals surface area contributed by atoms with Gasteiger partial charge in [0.25, 0.3) is 0 Å². The molecule has 0 fully saturated rings. The van der Waals surface area contributed by atoms with Crippen molar-refractivity contribution < 1.29 is 0 Å². The Morgan fingerprint density at radius 1 is 0.288 bits per heavy atom. The first-order valence-electron chi connectivity index (χ1n) is 18.5. The average Bonchev–Trinajstić information content (AvgIpc) is 3.20. The van der Waals surface area contributed by atoms with Gasteiger partial charge in [-0.1, -0.05) is 170 Å². The van der Waals surface area contributed by atoms with Gasteiger partial charge < -0.3 is 0 Å². The van der Waals surface area contributed by atoms with Crippen LogP contribution in [-0.4, -0.2) is 0 Å². The van der Waals surface area contributed by atoms with E-state index in [0.717, 1.165) is 12.8 Å². The number of benzene rings is 10. The molecule has 0 N–H and O–H groups in total. The van der Waals surface area contributed by atoms with Crippen molar-refractivity contribution >= 4 is 64.6 Å². The molecule has 0 heteroatoms. The molecule has 10 rings (SSSR count). The molecule has 246 valence electrons. The first-order valence-corrected chi connectivity index (χ1v) is 18.5. The minimum Gasteiger partial charge on any atom is -0.0616 e. The van der Waals surface area contributed by atoms with Crippen molar-refractivity contribution in [3.63, 3.8) is 0 Å². The van der Waals surface area contributed by atoms with Gasteiger partial charge in [0.05, 0.1) is 0 Å². The fourth-order valence-corrected chi connectivity index (χ4v) is 9.13. The zero-order chi connectivity index (χ0) is 34.8. The molecule has 10 aromatic rings. The van der Waals surface area contributed by atoms with Gasteiger partial charge in [-0.15, -0.1) is 0 Å². The lowest BCUT2D eigenvalue weighted by Crippen LogP contribution is -1.99. The maximum atomic E-state index is 2.38. The molecule has 0 saturated carbocycles. The number of fused-ring (bicyclic) bond motifs is 6. The predicted octanol–water partition coefficient (Wildman–Crippen LogP) is 14.3. The molecule has 0 bridgehead atoms. The van der Waals surface area contributed by atoms with Crippen LogP contribution in [0.2, 0.25) is 0 Å². The van der Waals surface area contributed by atoms with E-state index in [1.54, 1.807) is 0 Å². The van der Waals surface area contributed by atoms with Crippen LogP contribution in [0.25, 0.3) is 86.9 Å². The third-order valence-electron chi connectivity index (χ3n) is 11.6. The molecule has 0 radical (unpaired) electrons. The van der Waals surface area contributed by atoms with Crippen LogP contribution in [0.15, 0.2) is 170 Å². The molecule has 0 nitrogen and oxygen atoms in total. The normalized spacial score (nSPS) is 11.8. The summed E-state index contributed by atoms with van der Waals surface area (Å²) >= 11 is 0. The monoisotopic (exact) mass is 662 g/mol. The highest BCUT2D eigenvalue weighted by molar-refractivity contribution is 6.25. The first-order chi connectivity index (χ1) is 25.7. The summed E-state index contributed by atoms with van der Waals surface area (Å²) in [6.07, 6.45) is 1.91. The fraction of sp³-hybridized carbons (Fsp3) is 0.0769. The second-order valence-corrected chi connectivity index (χ2v) is 14.3. The zero-order valence-corrected chi connectivity index (χ0v) is 29.6. The molecule has 0 atom stereocenters. The van der Waals surface area contributed by atoms with E-state index in [2.05, 4.69) is 184 Å². The van der Waals surface area contributed by atoms with Crippen LogP contribution in [0.5, 0.6) is 0 Å². The average molecular weight is 663 g/mol. The fourth-order valence-electron chi connectivity index (χ4n) is 9.13. The smallest absolute Gasteiger partial charge is 0.00141 e. The summed E-state index contributed by atoms with van der Waals surface area (Å²) in [6.45, 7) is 4.48. The molecule has 0 heterocycles. The number of hydrogen-bond acceptors (Lipinski definition) is 0. The van der Waals surface area contributed by atoms with E-state index in [9.17, 15) is 0 Å². The van der Waals surface area contributed by atoms with E-state index in [0.29, 0.717) is 0 Å². The van der Waals surface area contributed by atoms with Crippen LogP contribution in [0.3, 0.4) is 0 Å². The van der Waals surface area contributed by atoms with E-state index in [-0.39, 0.29) is 0 Å². The number of aryl methyl sites for hydroxylation is 4. The highest BCUT2D eigenvalue weighted by Gasteiger charge is 2.20. The third-order valence-corrected chi connectivity index (χ3v) is 11.6. The van der Waals surface area contributed by atoms with E-state index >= 15 is 0 Å². The summed E-state index contributed by atoms with van der Waals surface area (Å²) in [6, 6.07) is 63.3. The molecule has 0 aliphatic heterocycles. The quantitative estimate of drug-likeness (QED) is 0.161. The van der Waals surface area contributed by atoms with E-state index in [4.69, 9.17) is 0 Å². The maximum Gasteiger partial charge on any atom is -0.00141 e. The van der Waals surface area contributed by atoms with Gasteiger partial charge >= 0.3 is 0 Å². The number of rotatable bonds is 5. The van der Waals surface area contributed by atoms with Crippen LogP contribution in [0, 0.1) is 13.8 Å². The van der Waals surface area contributed by atoms with Gasteiger partial charge in [0.2, 0.25) is 0 Å². The van der Waals surface area contributed by atoms with Crippen molar-refractivity contribution in [2.75, 3.05) is 0 Å². The molecule has 0 aromatic heterocycles. The lowest BCUT2D eigenvalue weighted by atomic mass is 9.82. The Kier molecular flexibility index (Phi) is 7.18. The zero-order valence-electron chi connectivity index (χ0n) is 29.6. The van der Waals surface area contributed by atoms with Gasteiger partial charge in [0, 0.05) is 0 Å². The van der Waals surface area contributed by atoms with Crippen molar-refractivity contribution in [2.24, 2.45) is 0 Å². The standard InChI is InChI=1S/C52H38/c1-33-27-30-44(40-19-7-3-15-36(33)40)45-31-28-35(39-18-6-8-20-41(39)45)29-32-46-42-21-9-13-25-49(42)52(50-26-14-10-22-43(46)50)51-47-23-11-4-16-37(47)34(2)38-17-5-12-24-48(38)51/h3-28,30-31H,29,32H2,1-2H3. The Morgan fingerprint density at radius 2 is 0.654 bits per heavy atom. The Bertz CT molecular complexity index is 2920. The Morgan fingerprint density at radius 3 is 1.17 bits per heavy atom. The van der Waals surface area contributed by atoms with Crippen LogP contribution in [0.4, 0.5) is 0 Å². The van der Waals surface area contributed by atoms with E-state index in [1.807, 2.05) is 0 Å². The van der Waals surface area contributed by atoms with E-state index in [1.165, 1.54) is 109 Å². The third kappa shape index (κ3) is 4.68. The second-order valence-electron chi connectivity index (χ2n) is 14.3. The molecule has 0 saturated heterocycles.